The Morgan fingerprint density at radius 3 is 2.44 bits per heavy atom. The van der Waals surface area contributed by atoms with Gasteiger partial charge in [0.25, 0.3) is 11.8 Å². The number of amides is 2. The van der Waals surface area contributed by atoms with Crippen LogP contribution in [0.3, 0.4) is 0 Å². The first-order valence-electron chi connectivity index (χ1n) is 10.3. The van der Waals surface area contributed by atoms with Crippen LogP contribution in [0.15, 0.2) is 99.1 Å². The molecule has 0 bridgehead atoms. The smallest absolute Gasteiger partial charge is 0.259 e. The summed E-state index contributed by atoms with van der Waals surface area (Å²) in [6.45, 7) is -0.203. The van der Waals surface area contributed by atoms with Crippen LogP contribution in [0, 0.1) is 0 Å². The molecule has 4 aromatic rings. The fourth-order valence-corrected chi connectivity index (χ4v) is 3.80. The molecule has 0 unspecified atom stereocenters. The van der Waals surface area contributed by atoms with E-state index in [2.05, 4.69) is 47.7 Å². The van der Waals surface area contributed by atoms with Crippen molar-refractivity contribution in [3.8, 4) is 16.9 Å². The van der Waals surface area contributed by atoms with Crippen molar-refractivity contribution in [2.45, 2.75) is 0 Å². The van der Waals surface area contributed by atoms with Gasteiger partial charge in [-0.1, -0.05) is 68.3 Å². The molecule has 0 saturated heterocycles. The minimum absolute atomic E-state index is 0.203. The topological polar surface area (TPSA) is 88.4 Å². The summed E-state index contributed by atoms with van der Waals surface area (Å²) in [4.78, 5) is 24.4. The second kappa shape index (κ2) is 11.0. The molecule has 0 aliphatic heterocycles. The number of carbonyl (C=O) groups excluding carboxylic acids is 2. The van der Waals surface area contributed by atoms with Gasteiger partial charge in [-0.25, -0.2) is 10.1 Å². The van der Waals surface area contributed by atoms with Gasteiger partial charge in [-0.15, -0.1) is 0 Å². The molecule has 34 heavy (non-hydrogen) atoms. The van der Waals surface area contributed by atoms with Gasteiger partial charge in [0.15, 0.2) is 0 Å². The van der Waals surface area contributed by atoms with Crippen LogP contribution in [0.2, 0.25) is 0 Å². The molecular formula is C25H19Br2N5O2. The fourth-order valence-electron chi connectivity index (χ4n) is 3.13. The van der Waals surface area contributed by atoms with Gasteiger partial charge in [0.2, 0.25) is 0 Å². The van der Waals surface area contributed by atoms with E-state index in [9.17, 15) is 9.59 Å². The second-order valence-corrected chi connectivity index (χ2v) is 9.04. The Kier molecular flexibility index (Phi) is 7.66. The molecular weight excluding hydrogens is 562 g/mol. The zero-order valence-corrected chi connectivity index (χ0v) is 21.0. The molecule has 9 heteroatoms. The van der Waals surface area contributed by atoms with Crippen molar-refractivity contribution >= 4 is 49.9 Å². The summed E-state index contributed by atoms with van der Waals surface area (Å²) in [5, 5.41) is 11.4. The molecule has 2 amide bonds. The lowest BCUT2D eigenvalue weighted by Gasteiger charge is -2.04. The summed E-state index contributed by atoms with van der Waals surface area (Å²) >= 11 is 6.77. The maximum atomic E-state index is 12.2. The molecule has 0 spiro atoms. The van der Waals surface area contributed by atoms with Gasteiger partial charge in [-0.05, 0) is 42.5 Å². The van der Waals surface area contributed by atoms with Crippen LogP contribution < -0.4 is 10.7 Å². The molecule has 0 aliphatic carbocycles. The first-order chi connectivity index (χ1) is 16.5. The third kappa shape index (κ3) is 6.06. The van der Waals surface area contributed by atoms with Crippen molar-refractivity contribution in [1.29, 1.82) is 0 Å². The Morgan fingerprint density at radius 2 is 1.71 bits per heavy atom. The zero-order chi connectivity index (χ0) is 23.9. The number of hydrogen-bond acceptors (Lipinski definition) is 4. The summed E-state index contributed by atoms with van der Waals surface area (Å²) in [6, 6.07) is 24.4. The highest BCUT2D eigenvalue weighted by Crippen LogP contribution is 2.24. The van der Waals surface area contributed by atoms with Crippen LogP contribution in [0.4, 0.5) is 0 Å². The van der Waals surface area contributed by atoms with Crippen LogP contribution in [-0.4, -0.2) is 34.4 Å². The summed E-state index contributed by atoms with van der Waals surface area (Å²) < 4.78 is 3.51. The standard InChI is InChI=1S/C25H19Br2N5O2/c26-20-11-9-17(10-12-20)24-19(16-32(31-24)22-7-2-1-3-8-22)14-29-30-23(33)15-28-25(34)18-5-4-6-21(27)13-18/h1-14,16H,15H2,(H,28,34)(H,30,33)/b29-14+. The molecule has 4 rings (SSSR count). The average Bonchev–Trinajstić information content (AvgIpc) is 3.27. The summed E-state index contributed by atoms with van der Waals surface area (Å²) in [7, 11) is 0. The van der Waals surface area contributed by atoms with Crippen molar-refractivity contribution in [2.75, 3.05) is 6.54 Å². The van der Waals surface area contributed by atoms with Gasteiger partial charge < -0.3 is 5.32 Å². The third-order valence-corrected chi connectivity index (χ3v) is 5.79. The number of para-hydroxylation sites is 1. The van der Waals surface area contributed by atoms with E-state index >= 15 is 0 Å². The number of hydrazone groups is 1. The number of benzene rings is 3. The lowest BCUT2D eigenvalue weighted by Crippen LogP contribution is -2.34. The van der Waals surface area contributed by atoms with Crippen molar-refractivity contribution in [3.05, 3.63) is 105 Å². The van der Waals surface area contributed by atoms with E-state index in [1.165, 1.54) is 6.21 Å². The highest BCUT2D eigenvalue weighted by atomic mass is 79.9. The Balaban J connectivity index is 1.46. The Morgan fingerprint density at radius 1 is 0.941 bits per heavy atom. The minimum atomic E-state index is -0.444. The molecule has 1 aromatic heterocycles. The third-order valence-electron chi connectivity index (χ3n) is 4.77. The van der Waals surface area contributed by atoms with Crippen molar-refractivity contribution < 1.29 is 9.59 Å². The summed E-state index contributed by atoms with van der Waals surface area (Å²) in [5.41, 5.74) is 6.16. The van der Waals surface area contributed by atoms with Gasteiger partial charge in [-0.3, -0.25) is 9.59 Å². The van der Waals surface area contributed by atoms with E-state index in [4.69, 9.17) is 5.10 Å². The van der Waals surface area contributed by atoms with Crippen LogP contribution in [-0.2, 0) is 4.79 Å². The van der Waals surface area contributed by atoms with E-state index in [0.717, 1.165) is 31.5 Å². The van der Waals surface area contributed by atoms with E-state index in [-0.39, 0.29) is 12.5 Å². The van der Waals surface area contributed by atoms with Crippen LogP contribution in [0.25, 0.3) is 16.9 Å². The molecule has 0 atom stereocenters. The molecule has 0 aliphatic rings. The first-order valence-corrected chi connectivity index (χ1v) is 11.8. The van der Waals surface area contributed by atoms with E-state index in [1.54, 1.807) is 22.9 Å². The van der Waals surface area contributed by atoms with E-state index < -0.39 is 5.91 Å². The molecule has 3 aromatic carbocycles. The van der Waals surface area contributed by atoms with Crippen molar-refractivity contribution in [2.24, 2.45) is 5.10 Å². The average molecular weight is 581 g/mol. The van der Waals surface area contributed by atoms with Crippen LogP contribution >= 0.6 is 31.9 Å². The largest absolute Gasteiger partial charge is 0.343 e. The molecule has 170 valence electrons. The molecule has 1 heterocycles. The predicted molar refractivity (Wildman–Crippen MR) is 139 cm³/mol. The quantitative estimate of drug-likeness (QED) is 0.240. The summed E-state index contributed by atoms with van der Waals surface area (Å²) in [6.07, 6.45) is 3.38. The monoisotopic (exact) mass is 579 g/mol. The van der Waals surface area contributed by atoms with Gasteiger partial charge in [0, 0.05) is 31.8 Å². The fraction of sp³-hybridized carbons (Fsp3) is 0.0400. The maximum absolute atomic E-state index is 12.2. The number of aromatic nitrogens is 2. The molecule has 7 nitrogen and oxygen atoms in total. The second-order valence-electron chi connectivity index (χ2n) is 7.21. The maximum Gasteiger partial charge on any atom is 0.259 e. The van der Waals surface area contributed by atoms with E-state index in [0.29, 0.717) is 5.56 Å². The predicted octanol–water partition coefficient (Wildman–Crippen LogP) is 4.94. The van der Waals surface area contributed by atoms with Crippen molar-refractivity contribution in [3.63, 3.8) is 0 Å². The molecule has 0 fully saturated rings. The molecule has 2 N–H and O–H groups in total. The Bertz CT molecular complexity index is 1340. The number of nitrogens with one attached hydrogen (secondary N) is 2. The minimum Gasteiger partial charge on any atom is -0.343 e. The number of nitrogens with zero attached hydrogens (tertiary/aromatic N) is 3. The van der Waals surface area contributed by atoms with Crippen LogP contribution in [0.1, 0.15) is 15.9 Å². The molecule has 0 saturated carbocycles. The first kappa shape index (κ1) is 23.6. The number of halogens is 2. The van der Waals surface area contributed by atoms with Gasteiger partial charge in [0.05, 0.1) is 18.4 Å². The van der Waals surface area contributed by atoms with Gasteiger partial charge in [-0.2, -0.15) is 10.2 Å². The van der Waals surface area contributed by atoms with Gasteiger partial charge in [0.1, 0.15) is 5.69 Å². The number of carbonyl (C=O) groups is 2. The molecule has 0 radical (unpaired) electrons. The number of rotatable bonds is 7. The zero-order valence-electron chi connectivity index (χ0n) is 17.8. The highest BCUT2D eigenvalue weighted by molar-refractivity contribution is 9.10. The number of hydrogen-bond donors (Lipinski definition) is 2. The lowest BCUT2D eigenvalue weighted by molar-refractivity contribution is -0.120. The normalized spacial score (nSPS) is 10.9. The Hall–Kier alpha value is -3.56. The SMILES string of the molecule is O=C(CNC(=O)c1cccc(Br)c1)N/N=C/c1cn(-c2ccccc2)nc1-c1ccc(Br)cc1. The van der Waals surface area contributed by atoms with Crippen LogP contribution in [0.5, 0.6) is 0 Å². The van der Waals surface area contributed by atoms with Gasteiger partial charge >= 0.3 is 0 Å². The van der Waals surface area contributed by atoms with Crippen molar-refractivity contribution in [1.82, 2.24) is 20.5 Å². The summed E-state index contributed by atoms with van der Waals surface area (Å²) in [5.74, 6) is -0.790. The Labute approximate surface area is 213 Å². The lowest BCUT2D eigenvalue weighted by atomic mass is 10.1. The highest BCUT2D eigenvalue weighted by Gasteiger charge is 2.12. The van der Waals surface area contributed by atoms with E-state index in [1.807, 2.05) is 66.9 Å².